The Kier molecular flexibility index (Phi) is 6.45. The number of nitrogens with one attached hydrogen (secondary N) is 1. The predicted molar refractivity (Wildman–Crippen MR) is 95.7 cm³/mol. The van der Waals surface area contributed by atoms with E-state index in [-0.39, 0.29) is 12.1 Å². The summed E-state index contributed by atoms with van der Waals surface area (Å²) in [5.41, 5.74) is -1.12. The second-order valence-electron chi connectivity index (χ2n) is 8.46. The molecular weight excluding hydrogens is 322 g/mol. The van der Waals surface area contributed by atoms with Gasteiger partial charge >= 0.3 is 6.09 Å². The van der Waals surface area contributed by atoms with Gasteiger partial charge in [0.2, 0.25) is 0 Å². The third-order valence-electron chi connectivity index (χ3n) is 4.92. The third kappa shape index (κ3) is 5.39. The van der Waals surface area contributed by atoms with Crippen molar-refractivity contribution in [1.29, 1.82) is 0 Å². The fraction of sp³-hybridized carbons (Fsp3) is 0.889. The van der Waals surface area contributed by atoms with Crippen molar-refractivity contribution in [2.45, 2.75) is 64.3 Å². The number of carbonyl (C=O) groups excluding carboxylic acids is 2. The summed E-state index contributed by atoms with van der Waals surface area (Å²) < 4.78 is 11.1. The molecule has 144 valence electrons. The Morgan fingerprint density at radius 2 is 2.16 bits per heavy atom. The zero-order valence-electron chi connectivity index (χ0n) is 16.2. The quantitative estimate of drug-likeness (QED) is 0.766. The summed E-state index contributed by atoms with van der Waals surface area (Å²) in [4.78, 5) is 28.0. The van der Waals surface area contributed by atoms with E-state index in [0.717, 1.165) is 32.6 Å². The van der Waals surface area contributed by atoms with Crippen LogP contribution in [0.1, 0.15) is 41.0 Å². The number of hydrogen-bond donors (Lipinski definition) is 1. The molecule has 0 spiro atoms. The van der Waals surface area contributed by atoms with Crippen molar-refractivity contribution in [2.75, 3.05) is 39.4 Å². The molecule has 0 bridgehead atoms. The number of hydrogen-bond acceptors (Lipinski definition) is 6. The van der Waals surface area contributed by atoms with E-state index in [0.29, 0.717) is 25.6 Å². The minimum absolute atomic E-state index is 0.146. The van der Waals surface area contributed by atoms with Crippen LogP contribution in [0.15, 0.2) is 0 Å². The van der Waals surface area contributed by atoms with Crippen molar-refractivity contribution in [3.8, 4) is 0 Å². The topological polar surface area (TPSA) is 71.1 Å². The highest BCUT2D eigenvalue weighted by molar-refractivity contribution is 5.70. The molecule has 7 nitrogen and oxygen atoms in total. The molecule has 7 heteroatoms. The van der Waals surface area contributed by atoms with E-state index in [1.54, 1.807) is 4.90 Å². The fourth-order valence-electron chi connectivity index (χ4n) is 3.38. The molecule has 2 fully saturated rings. The van der Waals surface area contributed by atoms with E-state index < -0.39 is 11.1 Å². The highest BCUT2D eigenvalue weighted by atomic mass is 16.6. The van der Waals surface area contributed by atoms with Crippen LogP contribution < -0.4 is 5.32 Å². The van der Waals surface area contributed by atoms with Gasteiger partial charge in [0.1, 0.15) is 11.9 Å². The van der Waals surface area contributed by atoms with Crippen LogP contribution in [0.2, 0.25) is 0 Å². The first kappa shape index (κ1) is 20.1. The molecule has 1 amide bonds. The van der Waals surface area contributed by atoms with Crippen molar-refractivity contribution >= 4 is 12.4 Å². The van der Waals surface area contributed by atoms with Gasteiger partial charge in [-0.3, -0.25) is 9.80 Å². The van der Waals surface area contributed by atoms with Crippen LogP contribution in [0.3, 0.4) is 0 Å². The second-order valence-corrected chi connectivity index (χ2v) is 8.46. The minimum atomic E-state index is -0.558. The molecule has 3 atom stereocenters. The normalized spacial score (nSPS) is 31.6. The molecule has 0 radical (unpaired) electrons. The zero-order chi connectivity index (χ0) is 18.7. The lowest BCUT2D eigenvalue weighted by Gasteiger charge is -2.48. The van der Waals surface area contributed by atoms with Crippen LogP contribution in [0.25, 0.3) is 0 Å². The summed E-state index contributed by atoms with van der Waals surface area (Å²) in [6.07, 6.45) is 0.821. The Bertz CT molecular complexity index is 479. The molecule has 0 aromatic heterocycles. The number of ether oxygens (including phenoxy) is 2. The molecule has 25 heavy (non-hydrogen) atoms. The molecule has 1 N–H and O–H groups in total. The largest absolute Gasteiger partial charge is 0.444 e. The van der Waals surface area contributed by atoms with Gasteiger partial charge in [-0.05, 0) is 34.6 Å². The Balaban J connectivity index is 2.07. The zero-order valence-corrected chi connectivity index (χ0v) is 16.2. The first-order valence-electron chi connectivity index (χ1n) is 9.14. The van der Waals surface area contributed by atoms with E-state index in [9.17, 15) is 9.59 Å². The summed E-state index contributed by atoms with van der Waals surface area (Å²) in [6, 6.07) is 0.515. The molecule has 2 aliphatic rings. The lowest BCUT2D eigenvalue weighted by Crippen LogP contribution is -2.67. The summed E-state index contributed by atoms with van der Waals surface area (Å²) in [7, 11) is 0. The summed E-state index contributed by atoms with van der Waals surface area (Å²) >= 11 is 0. The maximum absolute atomic E-state index is 12.7. The maximum Gasteiger partial charge on any atom is 0.410 e. The van der Waals surface area contributed by atoms with Crippen LogP contribution in [0, 0.1) is 0 Å². The van der Waals surface area contributed by atoms with Crippen LogP contribution in [-0.4, -0.2) is 84.8 Å². The SMILES string of the molecule is C[C@@H]1COCCN1CC1CN(C(=O)OC(C)(C)C)C(C)(CC=O)CN1. The molecule has 2 rings (SSSR count). The second kappa shape index (κ2) is 8.01. The average molecular weight is 355 g/mol. The van der Waals surface area contributed by atoms with E-state index in [1.807, 2.05) is 27.7 Å². The molecule has 2 aliphatic heterocycles. The number of amides is 1. The van der Waals surface area contributed by atoms with E-state index in [2.05, 4.69) is 17.1 Å². The molecule has 0 aromatic rings. The molecule has 2 saturated heterocycles. The molecule has 2 unspecified atom stereocenters. The third-order valence-corrected chi connectivity index (χ3v) is 4.92. The van der Waals surface area contributed by atoms with Gasteiger partial charge in [0.15, 0.2) is 0 Å². The summed E-state index contributed by atoms with van der Waals surface area (Å²) in [6.45, 7) is 14.0. The van der Waals surface area contributed by atoms with Crippen molar-refractivity contribution in [1.82, 2.24) is 15.1 Å². The molecule has 0 saturated carbocycles. The van der Waals surface area contributed by atoms with Crippen molar-refractivity contribution < 1.29 is 19.1 Å². The first-order chi connectivity index (χ1) is 11.6. The minimum Gasteiger partial charge on any atom is -0.444 e. The van der Waals surface area contributed by atoms with Crippen molar-refractivity contribution in [3.63, 3.8) is 0 Å². The molecular formula is C18H33N3O4. The fourth-order valence-corrected chi connectivity index (χ4v) is 3.38. The monoisotopic (exact) mass is 355 g/mol. The van der Waals surface area contributed by atoms with Gasteiger partial charge in [0.25, 0.3) is 0 Å². The smallest absolute Gasteiger partial charge is 0.410 e. The Labute approximate surface area is 151 Å². The van der Waals surface area contributed by atoms with Crippen molar-refractivity contribution in [3.05, 3.63) is 0 Å². The predicted octanol–water partition coefficient (Wildman–Crippen LogP) is 1.26. The number of nitrogens with zero attached hydrogens (tertiary/aromatic N) is 2. The van der Waals surface area contributed by atoms with Crippen LogP contribution in [0.4, 0.5) is 4.79 Å². The van der Waals surface area contributed by atoms with Gasteiger partial charge < -0.3 is 19.6 Å². The van der Waals surface area contributed by atoms with Gasteiger partial charge in [0.05, 0.1) is 18.8 Å². The Hall–Kier alpha value is -1.18. The lowest BCUT2D eigenvalue weighted by molar-refractivity contribution is -0.110. The molecule has 2 heterocycles. The summed E-state index contributed by atoms with van der Waals surface area (Å²) in [5, 5.41) is 3.52. The Morgan fingerprint density at radius 1 is 1.44 bits per heavy atom. The number of aldehydes is 1. The maximum atomic E-state index is 12.7. The highest BCUT2D eigenvalue weighted by Crippen LogP contribution is 2.25. The molecule has 0 aliphatic carbocycles. The highest BCUT2D eigenvalue weighted by Gasteiger charge is 2.42. The van der Waals surface area contributed by atoms with Crippen LogP contribution in [0.5, 0.6) is 0 Å². The standard InChI is InChI=1S/C18H33N3O4/c1-14-12-24-9-7-20(14)10-15-11-21(16(23)25-17(2,3)4)18(5,6-8-22)13-19-15/h8,14-15,19H,6-7,9-13H2,1-5H3/t14-,15?,18?/m1/s1. The average Bonchev–Trinajstić information content (AvgIpc) is 2.50. The summed E-state index contributed by atoms with van der Waals surface area (Å²) in [5.74, 6) is 0. The molecule has 0 aromatic carbocycles. The van der Waals surface area contributed by atoms with E-state index in [4.69, 9.17) is 9.47 Å². The van der Waals surface area contributed by atoms with Crippen LogP contribution >= 0.6 is 0 Å². The van der Waals surface area contributed by atoms with Gasteiger partial charge in [-0.2, -0.15) is 0 Å². The van der Waals surface area contributed by atoms with Gasteiger partial charge in [-0.25, -0.2) is 4.79 Å². The first-order valence-corrected chi connectivity index (χ1v) is 9.14. The Morgan fingerprint density at radius 3 is 2.76 bits per heavy atom. The van der Waals surface area contributed by atoms with E-state index in [1.165, 1.54) is 0 Å². The van der Waals surface area contributed by atoms with Gasteiger partial charge in [-0.1, -0.05) is 0 Å². The van der Waals surface area contributed by atoms with Crippen LogP contribution in [-0.2, 0) is 14.3 Å². The number of morpholine rings is 1. The van der Waals surface area contributed by atoms with Gasteiger partial charge in [0, 0.05) is 44.7 Å². The van der Waals surface area contributed by atoms with Gasteiger partial charge in [-0.15, -0.1) is 0 Å². The van der Waals surface area contributed by atoms with Crippen molar-refractivity contribution in [2.24, 2.45) is 0 Å². The van der Waals surface area contributed by atoms with E-state index >= 15 is 0 Å². The number of carbonyl (C=O) groups is 2. The number of piperazine rings is 1. The lowest BCUT2D eigenvalue weighted by atomic mass is 9.92. The number of rotatable bonds is 4.